The number of hydrogen-bond acceptors (Lipinski definition) is 0. The molecule has 0 fully saturated rings. The molecule has 0 N–H and O–H groups in total. The Morgan fingerprint density at radius 3 is 1.57 bits per heavy atom. The van der Waals surface area contributed by atoms with E-state index in [0.29, 0.717) is 0 Å². The molecule has 0 nitrogen and oxygen atoms in total. The smallest absolute Gasteiger partial charge is 0.0221 e. The van der Waals surface area contributed by atoms with Gasteiger partial charge in [0.05, 0.1) is 0 Å². The minimum absolute atomic E-state index is 1.11. The summed E-state index contributed by atoms with van der Waals surface area (Å²) in [6.07, 6.45) is 2.19. The minimum Gasteiger partial charge on any atom is -0.0514 e. The van der Waals surface area contributed by atoms with Gasteiger partial charge in [0.2, 0.25) is 0 Å². The monoisotopic (exact) mass is 534 g/mol. The molecule has 0 aliphatic carbocycles. The predicted molar refractivity (Wildman–Crippen MR) is 107 cm³/mol. The summed E-state index contributed by atoms with van der Waals surface area (Å²) in [5.74, 6) is 0. The van der Waals surface area contributed by atoms with Crippen LogP contribution in [-0.4, -0.2) is 0 Å². The van der Waals surface area contributed by atoms with Crippen LogP contribution < -0.4 is 0 Å². The van der Waals surface area contributed by atoms with E-state index in [1.54, 1.807) is 0 Å². The molecule has 0 spiro atoms. The van der Waals surface area contributed by atoms with Gasteiger partial charge in [-0.25, -0.2) is 0 Å². The Hall–Kier alpha value is 0.1000. The summed E-state index contributed by atoms with van der Waals surface area (Å²) in [5, 5.41) is 0. The summed E-state index contributed by atoms with van der Waals surface area (Å²) < 4.78 is 4.46. The standard InChI is InChI=1S/C17H14Br4/c1-9(13-7-16(20)11(3)17(21)8-13)4-12-5-14(18)10(2)15(19)6-12/h4-8H,1-3H3/b9-4+. The van der Waals surface area contributed by atoms with E-state index in [4.69, 9.17) is 0 Å². The molecule has 110 valence electrons. The summed E-state index contributed by atoms with van der Waals surface area (Å²) in [6.45, 7) is 6.30. The highest BCUT2D eigenvalue weighted by Crippen LogP contribution is 2.32. The van der Waals surface area contributed by atoms with Crippen molar-refractivity contribution in [2.75, 3.05) is 0 Å². The Labute approximate surface area is 159 Å². The van der Waals surface area contributed by atoms with Crippen molar-refractivity contribution >= 4 is 75.4 Å². The van der Waals surface area contributed by atoms with E-state index < -0.39 is 0 Å². The van der Waals surface area contributed by atoms with Gasteiger partial charge in [0, 0.05) is 17.9 Å². The van der Waals surface area contributed by atoms with E-state index in [0.717, 1.165) is 17.9 Å². The van der Waals surface area contributed by atoms with Crippen molar-refractivity contribution < 1.29 is 0 Å². The predicted octanol–water partition coefficient (Wildman–Crippen LogP) is 7.91. The van der Waals surface area contributed by atoms with Crippen LogP contribution >= 0.6 is 63.7 Å². The lowest BCUT2D eigenvalue weighted by molar-refractivity contribution is 1.37. The highest BCUT2D eigenvalue weighted by molar-refractivity contribution is 9.11. The first-order valence-electron chi connectivity index (χ1n) is 6.39. The molecular weight excluding hydrogens is 524 g/mol. The van der Waals surface area contributed by atoms with E-state index in [1.807, 2.05) is 0 Å². The van der Waals surface area contributed by atoms with Gasteiger partial charge in [-0.05, 0) is 72.9 Å². The minimum atomic E-state index is 1.11. The summed E-state index contributed by atoms with van der Waals surface area (Å²) in [5.41, 5.74) is 6.02. The largest absolute Gasteiger partial charge is 0.0514 e. The van der Waals surface area contributed by atoms with Crippen molar-refractivity contribution in [3.05, 3.63) is 64.4 Å². The van der Waals surface area contributed by atoms with Crippen LogP contribution in [0.4, 0.5) is 0 Å². The summed E-state index contributed by atoms with van der Waals surface area (Å²) in [6, 6.07) is 8.60. The molecule has 0 unspecified atom stereocenters. The molecule has 21 heavy (non-hydrogen) atoms. The Morgan fingerprint density at radius 1 is 0.762 bits per heavy atom. The van der Waals surface area contributed by atoms with Crippen LogP contribution in [0.3, 0.4) is 0 Å². The number of allylic oxidation sites excluding steroid dienone is 1. The lowest BCUT2D eigenvalue weighted by Gasteiger charge is -2.09. The highest BCUT2D eigenvalue weighted by Gasteiger charge is 2.06. The summed E-state index contributed by atoms with van der Waals surface area (Å²) in [7, 11) is 0. The third-order valence-corrected chi connectivity index (χ3v) is 6.72. The molecular formula is C17H14Br4. The van der Waals surface area contributed by atoms with Gasteiger partial charge in [0.15, 0.2) is 0 Å². The summed E-state index contributed by atoms with van der Waals surface area (Å²) >= 11 is 14.4. The molecule has 4 heteroatoms. The van der Waals surface area contributed by atoms with E-state index in [-0.39, 0.29) is 0 Å². The second-order valence-corrected chi connectivity index (χ2v) is 8.42. The molecule has 0 heterocycles. The van der Waals surface area contributed by atoms with Gasteiger partial charge >= 0.3 is 0 Å². The second-order valence-electron chi connectivity index (χ2n) is 5.00. The fourth-order valence-electron chi connectivity index (χ4n) is 1.95. The number of hydrogen-bond donors (Lipinski definition) is 0. The van der Waals surface area contributed by atoms with Crippen LogP contribution in [0.5, 0.6) is 0 Å². The number of rotatable bonds is 2. The van der Waals surface area contributed by atoms with E-state index in [2.05, 4.69) is 115 Å². The lowest BCUT2D eigenvalue weighted by Crippen LogP contribution is -1.86. The molecule has 2 rings (SSSR count). The molecule has 2 aromatic carbocycles. The maximum absolute atomic E-state index is 3.61. The van der Waals surface area contributed by atoms with Gasteiger partial charge in [-0.15, -0.1) is 0 Å². The molecule has 0 radical (unpaired) electrons. The van der Waals surface area contributed by atoms with Crippen LogP contribution in [0.1, 0.15) is 29.2 Å². The van der Waals surface area contributed by atoms with Gasteiger partial charge < -0.3 is 0 Å². The zero-order valence-corrected chi connectivity index (χ0v) is 18.2. The zero-order chi connectivity index (χ0) is 15.7. The highest BCUT2D eigenvalue weighted by atomic mass is 79.9. The van der Waals surface area contributed by atoms with Gasteiger partial charge in [0.1, 0.15) is 0 Å². The normalized spacial score (nSPS) is 11.9. The third-order valence-electron chi connectivity index (χ3n) is 3.42. The Bertz CT molecular complexity index is 684. The van der Waals surface area contributed by atoms with Gasteiger partial charge in [-0.3, -0.25) is 0 Å². The fourth-order valence-corrected chi connectivity index (χ4v) is 4.36. The van der Waals surface area contributed by atoms with Gasteiger partial charge in [-0.1, -0.05) is 69.8 Å². The molecule has 0 bridgehead atoms. The molecule has 0 aromatic heterocycles. The number of halogens is 4. The SMILES string of the molecule is C/C(=C\c1cc(Br)c(C)c(Br)c1)c1cc(Br)c(C)c(Br)c1. The zero-order valence-electron chi connectivity index (χ0n) is 11.9. The third kappa shape index (κ3) is 4.10. The summed E-state index contributed by atoms with van der Waals surface area (Å²) in [4.78, 5) is 0. The van der Waals surface area contributed by atoms with Gasteiger partial charge in [0.25, 0.3) is 0 Å². The Morgan fingerprint density at radius 2 is 1.14 bits per heavy atom. The molecule has 0 saturated carbocycles. The van der Waals surface area contributed by atoms with E-state index >= 15 is 0 Å². The van der Waals surface area contributed by atoms with Crippen molar-refractivity contribution in [3.63, 3.8) is 0 Å². The van der Waals surface area contributed by atoms with Crippen molar-refractivity contribution in [2.45, 2.75) is 20.8 Å². The van der Waals surface area contributed by atoms with Crippen LogP contribution in [-0.2, 0) is 0 Å². The van der Waals surface area contributed by atoms with Crippen molar-refractivity contribution in [2.24, 2.45) is 0 Å². The molecule has 0 saturated heterocycles. The lowest BCUT2D eigenvalue weighted by atomic mass is 10.0. The average Bonchev–Trinajstić information content (AvgIpc) is 2.41. The van der Waals surface area contributed by atoms with Crippen LogP contribution in [0.25, 0.3) is 11.6 Å². The molecule has 2 aromatic rings. The first-order chi connectivity index (χ1) is 9.79. The first-order valence-corrected chi connectivity index (χ1v) is 9.56. The Kier molecular flexibility index (Phi) is 5.91. The van der Waals surface area contributed by atoms with Crippen molar-refractivity contribution in [1.29, 1.82) is 0 Å². The second kappa shape index (κ2) is 7.12. The molecule has 0 atom stereocenters. The van der Waals surface area contributed by atoms with Crippen LogP contribution in [0.15, 0.2) is 42.2 Å². The topological polar surface area (TPSA) is 0 Å². The maximum atomic E-state index is 3.61. The molecule has 0 aliphatic heterocycles. The van der Waals surface area contributed by atoms with E-state index in [9.17, 15) is 0 Å². The average molecular weight is 538 g/mol. The fraction of sp³-hybridized carbons (Fsp3) is 0.176. The van der Waals surface area contributed by atoms with Crippen LogP contribution in [0, 0.1) is 13.8 Å². The van der Waals surface area contributed by atoms with Gasteiger partial charge in [-0.2, -0.15) is 0 Å². The Balaban J connectivity index is 2.46. The first kappa shape index (κ1) is 17.5. The number of benzene rings is 2. The molecule has 0 amide bonds. The van der Waals surface area contributed by atoms with Crippen LogP contribution in [0.2, 0.25) is 0 Å². The van der Waals surface area contributed by atoms with Crippen molar-refractivity contribution in [3.8, 4) is 0 Å². The maximum Gasteiger partial charge on any atom is 0.0221 e. The quantitative estimate of drug-likeness (QED) is 0.341. The van der Waals surface area contributed by atoms with E-state index in [1.165, 1.54) is 27.8 Å². The molecule has 0 aliphatic rings. The van der Waals surface area contributed by atoms with Crippen molar-refractivity contribution in [1.82, 2.24) is 0 Å².